The van der Waals surface area contributed by atoms with E-state index in [0.29, 0.717) is 29.0 Å². The van der Waals surface area contributed by atoms with Gasteiger partial charge in [-0.1, -0.05) is 39.8 Å². The van der Waals surface area contributed by atoms with Crippen LogP contribution in [0.5, 0.6) is 5.75 Å². The molecule has 2 aromatic carbocycles. The first-order chi connectivity index (χ1) is 19.3. The fourth-order valence-corrected chi connectivity index (χ4v) is 4.58. The Labute approximate surface area is 241 Å². The quantitative estimate of drug-likeness (QED) is 0.229. The minimum Gasteiger partial charge on any atom is -0.759 e. The van der Waals surface area contributed by atoms with Crippen molar-refractivity contribution in [1.29, 1.82) is 0 Å². The summed E-state index contributed by atoms with van der Waals surface area (Å²) in [6.45, 7) is 7.39. The van der Waals surface area contributed by atoms with Crippen molar-refractivity contribution in [1.82, 2.24) is 9.62 Å². The van der Waals surface area contributed by atoms with Crippen molar-refractivity contribution in [3.63, 3.8) is 0 Å². The van der Waals surface area contributed by atoms with E-state index in [1.807, 2.05) is 27.7 Å². The molecule has 1 atom stereocenters. The molecule has 4 amide bonds. The van der Waals surface area contributed by atoms with Crippen LogP contribution in [0.3, 0.4) is 0 Å². The first-order valence-corrected chi connectivity index (χ1v) is 14.1. The molecule has 1 aliphatic heterocycles. The van der Waals surface area contributed by atoms with E-state index < -0.39 is 41.3 Å². The van der Waals surface area contributed by atoms with Gasteiger partial charge in [-0.2, -0.15) is 4.31 Å². The van der Waals surface area contributed by atoms with Crippen LogP contribution in [0.1, 0.15) is 68.4 Å². The smallest absolute Gasteiger partial charge is 0.328 e. The SMILES string of the molecule is CCCC(=O)OCN(Cc1ccc(NC(=O)c2cc(N3C(=O)CCNC3=O)cc(C(C)(C)C)c2OC)cc1)S(=O)[O-]. The monoisotopic (exact) mass is 587 g/mol. The summed E-state index contributed by atoms with van der Waals surface area (Å²) in [5.74, 6) is -1.09. The van der Waals surface area contributed by atoms with E-state index in [2.05, 4.69) is 10.6 Å². The van der Waals surface area contributed by atoms with Gasteiger partial charge in [-0.05, 0) is 41.7 Å². The molecule has 1 saturated heterocycles. The molecule has 41 heavy (non-hydrogen) atoms. The number of hydrogen-bond donors (Lipinski definition) is 2. The Hall–Kier alpha value is -3.81. The molecule has 2 aromatic rings. The minimum absolute atomic E-state index is 0.0412. The fraction of sp³-hybridized carbons (Fsp3) is 0.429. The number of carbonyl (C=O) groups is 4. The van der Waals surface area contributed by atoms with Crippen LogP contribution in [-0.4, -0.2) is 57.3 Å². The zero-order valence-corrected chi connectivity index (χ0v) is 24.6. The Balaban J connectivity index is 1.85. The number of hydrogen-bond acceptors (Lipinski definition) is 8. The van der Waals surface area contributed by atoms with Crippen molar-refractivity contribution in [3.8, 4) is 5.75 Å². The third kappa shape index (κ3) is 8.12. The number of anilines is 2. The highest BCUT2D eigenvalue weighted by Crippen LogP contribution is 2.38. The molecule has 13 heteroatoms. The van der Waals surface area contributed by atoms with Crippen LogP contribution in [0.25, 0.3) is 0 Å². The van der Waals surface area contributed by atoms with Gasteiger partial charge in [-0.3, -0.25) is 18.6 Å². The van der Waals surface area contributed by atoms with Crippen molar-refractivity contribution >= 4 is 46.5 Å². The molecule has 12 nitrogen and oxygen atoms in total. The lowest BCUT2D eigenvalue weighted by molar-refractivity contribution is -0.146. The predicted molar refractivity (Wildman–Crippen MR) is 152 cm³/mol. The van der Waals surface area contributed by atoms with E-state index >= 15 is 0 Å². The van der Waals surface area contributed by atoms with E-state index in [9.17, 15) is 27.9 Å². The average molecular weight is 588 g/mol. The maximum absolute atomic E-state index is 13.5. The van der Waals surface area contributed by atoms with Gasteiger partial charge in [0.05, 0.1) is 18.4 Å². The summed E-state index contributed by atoms with van der Waals surface area (Å²) in [6, 6.07) is 9.03. The first-order valence-electron chi connectivity index (χ1n) is 13.1. The first kappa shape index (κ1) is 31.7. The maximum atomic E-state index is 13.5. The zero-order chi connectivity index (χ0) is 30.3. The number of carbonyl (C=O) groups excluding carboxylic acids is 4. The molecule has 222 valence electrons. The standard InChI is InChI=1S/C28H36N4O8S/c1-6-7-24(34)40-17-31(41(37)38)16-18-8-10-19(11-9-18)30-26(35)21-14-20(32-23(33)12-13-29-27(32)36)15-22(25(21)39-5)28(2,3)4/h8-11,14-15H,6-7,12-13,16-17H2,1-5H3,(H,29,36)(H,30,35)(H,37,38)/p-1. The lowest BCUT2D eigenvalue weighted by atomic mass is 9.84. The highest BCUT2D eigenvalue weighted by Gasteiger charge is 2.32. The van der Waals surface area contributed by atoms with Crippen molar-refractivity contribution in [2.45, 2.75) is 58.9 Å². The van der Waals surface area contributed by atoms with Crippen LogP contribution in [0.4, 0.5) is 16.2 Å². The molecule has 3 rings (SSSR count). The molecule has 1 heterocycles. The molecule has 1 unspecified atom stereocenters. The molecule has 0 bridgehead atoms. The van der Waals surface area contributed by atoms with E-state index in [1.165, 1.54) is 13.2 Å². The number of amides is 4. The number of nitrogens with zero attached hydrogens (tertiary/aromatic N) is 2. The predicted octanol–water partition coefficient (Wildman–Crippen LogP) is 3.59. The molecular weight excluding hydrogens is 552 g/mol. The molecule has 1 aliphatic rings. The molecule has 0 spiro atoms. The minimum atomic E-state index is -2.62. The molecule has 0 aliphatic carbocycles. The van der Waals surface area contributed by atoms with Crippen molar-refractivity contribution in [2.24, 2.45) is 0 Å². The Morgan fingerprint density at radius 1 is 1.17 bits per heavy atom. The van der Waals surface area contributed by atoms with Gasteiger partial charge in [0.15, 0.2) is 6.73 Å². The summed E-state index contributed by atoms with van der Waals surface area (Å²) in [7, 11) is 1.44. The normalized spacial score (nSPS) is 14.5. The maximum Gasteiger partial charge on any atom is 0.328 e. The summed E-state index contributed by atoms with van der Waals surface area (Å²) in [6.07, 6.45) is 0.918. The number of urea groups is 1. The summed E-state index contributed by atoms with van der Waals surface area (Å²) in [5, 5.41) is 5.44. The van der Waals surface area contributed by atoms with E-state index in [-0.39, 0.29) is 43.1 Å². The van der Waals surface area contributed by atoms with E-state index in [1.54, 1.807) is 30.3 Å². The lowest BCUT2D eigenvalue weighted by Crippen LogP contribution is -2.50. The van der Waals surface area contributed by atoms with Crippen LogP contribution in [0.2, 0.25) is 0 Å². The van der Waals surface area contributed by atoms with Gasteiger partial charge in [0.1, 0.15) is 5.75 Å². The molecule has 0 aromatic heterocycles. The van der Waals surface area contributed by atoms with Crippen molar-refractivity contribution < 1.29 is 37.4 Å². The van der Waals surface area contributed by atoms with Crippen LogP contribution >= 0.6 is 0 Å². The second kappa shape index (κ2) is 13.7. The number of ether oxygens (including phenoxy) is 2. The number of benzene rings is 2. The van der Waals surface area contributed by atoms with Crippen molar-refractivity contribution in [3.05, 3.63) is 53.1 Å². The van der Waals surface area contributed by atoms with Crippen LogP contribution in [-0.2, 0) is 37.6 Å². The van der Waals surface area contributed by atoms with Gasteiger partial charge >= 0.3 is 12.0 Å². The van der Waals surface area contributed by atoms with E-state index in [4.69, 9.17) is 9.47 Å². The van der Waals surface area contributed by atoms with Crippen LogP contribution in [0.15, 0.2) is 36.4 Å². The lowest BCUT2D eigenvalue weighted by Gasteiger charge is -2.30. The number of nitrogens with one attached hydrogen (secondary N) is 2. The second-order valence-electron chi connectivity index (χ2n) is 10.4. The molecule has 0 saturated carbocycles. The fourth-order valence-electron chi connectivity index (χ4n) is 4.19. The molecule has 0 radical (unpaired) electrons. The van der Waals surface area contributed by atoms with Gasteiger partial charge in [0.2, 0.25) is 5.91 Å². The summed E-state index contributed by atoms with van der Waals surface area (Å²) in [4.78, 5) is 51.3. The van der Waals surface area contributed by atoms with Gasteiger partial charge in [0, 0.05) is 48.4 Å². The van der Waals surface area contributed by atoms with Crippen LogP contribution < -0.4 is 20.3 Å². The Kier molecular flexibility index (Phi) is 10.6. The number of imide groups is 1. The van der Waals surface area contributed by atoms with Crippen LogP contribution in [0, 0.1) is 0 Å². The Morgan fingerprint density at radius 3 is 2.41 bits per heavy atom. The van der Waals surface area contributed by atoms with E-state index in [0.717, 1.165) is 9.21 Å². The molecule has 1 fully saturated rings. The molecule has 2 N–H and O–H groups in total. The van der Waals surface area contributed by atoms with Crippen molar-refractivity contribution in [2.75, 3.05) is 30.6 Å². The summed E-state index contributed by atoms with van der Waals surface area (Å²) < 4.78 is 34.8. The largest absolute Gasteiger partial charge is 0.759 e. The molecular formula is C28H35N4O8S-. The summed E-state index contributed by atoms with van der Waals surface area (Å²) in [5.41, 5.74) is 1.54. The Morgan fingerprint density at radius 2 is 1.85 bits per heavy atom. The zero-order valence-electron chi connectivity index (χ0n) is 23.8. The number of rotatable bonds is 11. The average Bonchev–Trinajstić information content (AvgIpc) is 2.90. The highest BCUT2D eigenvalue weighted by molar-refractivity contribution is 7.76. The van der Waals surface area contributed by atoms with Gasteiger partial charge in [-0.15, -0.1) is 0 Å². The van der Waals surface area contributed by atoms with Gasteiger partial charge in [0.25, 0.3) is 5.91 Å². The highest BCUT2D eigenvalue weighted by atomic mass is 32.2. The number of methoxy groups -OCH3 is 1. The Bertz CT molecular complexity index is 1310. The van der Waals surface area contributed by atoms with Gasteiger partial charge < -0.3 is 24.7 Å². The third-order valence-electron chi connectivity index (χ3n) is 6.26. The second-order valence-corrected chi connectivity index (χ2v) is 11.4. The third-order valence-corrected chi connectivity index (χ3v) is 6.92. The topological polar surface area (TPSA) is 157 Å². The summed E-state index contributed by atoms with van der Waals surface area (Å²) >= 11 is -2.62. The van der Waals surface area contributed by atoms with Gasteiger partial charge in [-0.25, -0.2) is 9.69 Å². The number of esters is 1.